The van der Waals surface area contributed by atoms with E-state index >= 15 is 0 Å². The molecule has 0 unspecified atom stereocenters. The Labute approximate surface area is 162 Å². The number of hydrogen-bond donors (Lipinski definition) is 0. The van der Waals surface area contributed by atoms with Crippen LogP contribution in [0.15, 0.2) is 64.5 Å². The maximum absolute atomic E-state index is 13.2. The zero-order valence-electron chi connectivity index (χ0n) is 14.6. The molecule has 1 aliphatic heterocycles. The number of anilines is 1. The fourth-order valence-electron chi connectivity index (χ4n) is 2.93. The standard InChI is InChI=1S/C20H20BrNO3S/c1-14(2)15-5-9-18(10-6-15)22(19-11-12-26(24,25)13-19)20(23)16-3-7-17(21)8-4-16/h3-12,14,19H,13H2,1-2H3/t19-/m1/s1. The molecular formula is C20H20BrNO3S. The van der Waals surface area contributed by atoms with Gasteiger partial charge in [-0.2, -0.15) is 0 Å². The number of carbonyl (C=O) groups is 1. The van der Waals surface area contributed by atoms with E-state index in [2.05, 4.69) is 29.8 Å². The van der Waals surface area contributed by atoms with Crippen LogP contribution in [0.2, 0.25) is 0 Å². The Morgan fingerprint density at radius 2 is 1.69 bits per heavy atom. The van der Waals surface area contributed by atoms with Crippen molar-refractivity contribution in [2.75, 3.05) is 10.7 Å². The third kappa shape index (κ3) is 4.07. The summed E-state index contributed by atoms with van der Waals surface area (Å²) >= 11 is 3.36. The molecule has 1 amide bonds. The lowest BCUT2D eigenvalue weighted by atomic mass is 10.0. The maximum atomic E-state index is 13.2. The van der Waals surface area contributed by atoms with Crippen LogP contribution in [0, 0.1) is 0 Å². The SMILES string of the molecule is CC(C)c1ccc(N(C(=O)c2ccc(Br)cc2)[C@@H]2C=CS(=O)(=O)C2)cc1. The summed E-state index contributed by atoms with van der Waals surface area (Å²) in [7, 11) is -3.27. The number of carbonyl (C=O) groups excluding carboxylic acids is 1. The number of sulfone groups is 1. The van der Waals surface area contributed by atoms with Gasteiger partial charge in [0, 0.05) is 21.1 Å². The number of nitrogens with zero attached hydrogens (tertiary/aromatic N) is 1. The lowest BCUT2D eigenvalue weighted by Crippen LogP contribution is -2.41. The van der Waals surface area contributed by atoms with Gasteiger partial charge in [-0.15, -0.1) is 0 Å². The van der Waals surface area contributed by atoms with E-state index in [1.165, 1.54) is 11.0 Å². The molecule has 2 aromatic rings. The first-order chi connectivity index (χ1) is 12.3. The van der Waals surface area contributed by atoms with Crippen LogP contribution in [-0.2, 0) is 9.84 Å². The first-order valence-corrected chi connectivity index (χ1v) is 10.9. The number of benzene rings is 2. The Bertz CT molecular complexity index is 932. The Morgan fingerprint density at radius 3 is 2.19 bits per heavy atom. The molecular weight excluding hydrogens is 414 g/mol. The largest absolute Gasteiger partial charge is 0.300 e. The smallest absolute Gasteiger partial charge is 0.258 e. The van der Waals surface area contributed by atoms with Gasteiger partial charge in [-0.05, 0) is 54.0 Å². The second-order valence-electron chi connectivity index (χ2n) is 6.65. The molecule has 0 bridgehead atoms. The van der Waals surface area contributed by atoms with Crippen LogP contribution in [0.1, 0.15) is 35.7 Å². The van der Waals surface area contributed by atoms with E-state index in [1.807, 2.05) is 24.3 Å². The molecule has 4 nitrogen and oxygen atoms in total. The van der Waals surface area contributed by atoms with Crippen LogP contribution < -0.4 is 4.90 Å². The molecule has 0 radical (unpaired) electrons. The monoisotopic (exact) mass is 433 g/mol. The van der Waals surface area contributed by atoms with Crippen molar-refractivity contribution in [1.82, 2.24) is 0 Å². The van der Waals surface area contributed by atoms with Crippen molar-refractivity contribution >= 4 is 37.4 Å². The topological polar surface area (TPSA) is 54.5 Å². The fourth-order valence-corrected chi connectivity index (χ4v) is 4.46. The summed E-state index contributed by atoms with van der Waals surface area (Å²) in [5, 5.41) is 1.20. The number of hydrogen-bond acceptors (Lipinski definition) is 3. The molecule has 0 saturated heterocycles. The van der Waals surface area contributed by atoms with Crippen molar-refractivity contribution in [3.8, 4) is 0 Å². The van der Waals surface area contributed by atoms with Crippen LogP contribution in [0.3, 0.4) is 0 Å². The normalized spacial score (nSPS) is 18.2. The molecule has 0 aliphatic carbocycles. The molecule has 0 fully saturated rings. The van der Waals surface area contributed by atoms with Crippen molar-refractivity contribution in [3.05, 3.63) is 75.6 Å². The summed E-state index contributed by atoms with van der Waals surface area (Å²) in [6.45, 7) is 4.21. The third-order valence-electron chi connectivity index (χ3n) is 4.39. The molecule has 0 aromatic heterocycles. The average Bonchev–Trinajstić information content (AvgIpc) is 2.95. The highest BCUT2D eigenvalue weighted by Gasteiger charge is 2.32. The Kier molecular flexibility index (Phi) is 5.34. The van der Waals surface area contributed by atoms with E-state index in [1.54, 1.807) is 35.2 Å². The lowest BCUT2D eigenvalue weighted by molar-refractivity contribution is 0.0983. The molecule has 136 valence electrons. The Hall–Kier alpha value is -1.92. The van der Waals surface area contributed by atoms with E-state index in [0.717, 1.165) is 4.47 Å². The number of halogens is 1. The summed E-state index contributed by atoms with van der Waals surface area (Å²) in [5.41, 5.74) is 2.37. The molecule has 1 heterocycles. The zero-order valence-corrected chi connectivity index (χ0v) is 17.0. The van der Waals surface area contributed by atoms with Crippen LogP contribution in [-0.4, -0.2) is 26.1 Å². The van der Waals surface area contributed by atoms with Gasteiger partial charge in [0.25, 0.3) is 5.91 Å². The van der Waals surface area contributed by atoms with Crippen molar-refractivity contribution in [2.45, 2.75) is 25.8 Å². The number of rotatable bonds is 4. The van der Waals surface area contributed by atoms with Gasteiger partial charge in [-0.3, -0.25) is 4.79 Å². The highest BCUT2D eigenvalue weighted by Crippen LogP contribution is 2.27. The van der Waals surface area contributed by atoms with Gasteiger partial charge in [-0.25, -0.2) is 8.42 Å². The van der Waals surface area contributed by atoms with Crippen molar-refractivity contribution < 1.29 is 13.2 Å². The predicted octanol–water partition coefficient (Wildman–Crippen LogP) is 4.53. The number of amides is 1. The van der Waals surface area contributed by atoms with E-state index < -0.39 is 15.9 Å². The summed E-state index contributed by atoms with van der Waals surface area (Å²) in [6, 6.07) is 14.3. The van der Waals surface area contributed by atoms with Crippen LogP contribution >= 0.6 is 15.9 Å². The molecule has 26 heavy (non-hydrogen) atoms. The zero-order chi connectivity index (χ0) is 18.9. The highest BCUT2D eigenvalue weighted by molar-refractivity contribution is 9.10. The summed E-state index contributed by atoms with van der Waals surface area (Å²) in [6.07, 6.45) is 1.59. The highest BCUT2D eigenvalue weighted by atomic mass is 79.9. The summed E-state index contributed by atoms with van der Waals surface area (Å²) < 4.78 is 24.7. The van der Waals surface area contributed by atoms with Gasteiger partial charge in [0.1, 0.15) is 0 Å². The van der Waals surface area contributed by atoms with Crippen molar-refractivity contribution in [3.63, 3.8) is 0 Å². The van der Waals surface area contributed by atoms with Crippen LogP contribution in [0.4, 0.5) is 5.69 Å². The van der Waals surface area contributed by atoms with E-state index in [0.29, 0.717) is 17.2 Å². The minimum absolute atomic E-state index is 0.0960. The molecule has 0 saturated carbocycles. The van der Waals surface area contributed by atoms with Gasteiger partial charge in [0.05, 0.1) is 11.8 Å². The maximum Gasteiger partial charge on any atom is 0.258 e. The van der Waals surface area contributed by atoms with Crippen molar-refractivity contribution in [1.29, 1.82) is 0 Å². The average molecular weight is 434 g/mol. The molecule has 2 aromatic carbocycles. The van der Waals surface area contributed by atoms with Gasteiger partial charge in [-0.1, -0.05) is 41.9 Å². The molecule has 1 aliphatic rings. The molecule has 0 spiro atoms. The lowest BCUT2D eigenvalue weighted by Gasteiger charge is -2.28. The van der Waals surface area contributed by atoms with Gasteiger partial charge in [0.2, 0.25) is 0 Å². The van der Waals surface area contributed by atoms with E-state index in [9.17, 15) is 13.2 Å². The van der Waals surface area contributed by atoms with Crippen LogP contribution in [0.25, 0.3) is 0 Å². The van der Waals surface area contributed by atoms with E-state index in [4.69, 9.17) is 0 Å². The van der Waals surface area contributed by atoms with Gasteiger partial charge < -0.3 is 4.90 Å². The molecule has 0 N–H and O–H groups in total. The van der Waals surface area contributed by atoms with Gasteiger partial charge in [0.15, 0.2) is 9.84 Å². The minimum Gasteiger partial charge on any atom is -0.300 e. The van der Waals surface area contributed by atoms with Crippen molar-refractivity contribution in [2.24, 2.45) is 0 Å². The second-order valence-corrected chi connectivity index (χ2v) is 9.50. The molecule has 3 rings (SSSR count). The first kappa shape index (κ1) is 18.9. The molecule has 6 heteroatoms. The summed E-state index contributed by atoms with van der Waals surface area (Å²) in [4.78, 5) is 14.7. The Morgan fingerprint density at radius 1 is 1.08 bits per heavy atom. The van der Waals surface area contributed by atoms with Gasteiger partial charge >= 0.3 is 0 Å². The first-order valence-electron chi connectivity index (χ1n) is 8.37. The summed E-state index contributed by atoms with van der Waals surface area (Å²) in [5.74, 6) is 0.0641. The minimum atomic E-state index is -3.27. The van der Waals surface area contributed by atoms with Crippen LogP contribution in [0.5, 0.6) is 0 Å². The predicted molar refractivity (Wildman–Crippen MR) is 108 cm³/mol. The third-order valence-corrected chi connectivity index (χ3v) is 6.30. The fraction of sp³-hybridized carbons (Fsp3) is 0.250. The second kappa shape index (κ2) is 7.37. The Balaban J connectivity index is 2.00. The van der Waals surface area contributed by atoms with E-state index in [-0.39, 0.29) is 11.7 Å². The molecule has 1 atom stereocenters. The quantitative estimate of drug-likeness (QED) is 0.711.